The molecule has 0 fully saturated rings. The largest absolute Gasteiger partial charge is 0.324 e. The van der Waals surface area contributed by atoms with Gasteiger partial charge in [-0.25, -0.2) is 0 Å². The van der Waals surface area contributed by atoms with Crippen molar-refractivity contribution in [2.24, 2.45) is 0 Å². The monoisotopic (exact) mass is 307 g/mol. The topological polar surface area (TPSA) is 72.0 Å². The number of ketones is 1. The zero-order valence-corrected chi connectivity index (χ0v) is 12.6. The van der Waals surface area contributed by atoms with Gasteiger partial charge in [0.1, 0.15) is 5.51 Å². The molecule has 0 saturated carbocycles. The van der Waals surface area contributed by atoms with Crippen LogP contribution in [-0.4, -0.2) is 27.1 Å². The van der Waals surface area contributed by atoms with Crippen LogP contribution in [0.2, 0.25) is 0 Å². The van der Waals surface area contributed by atoms with E-state index in [2.05, 4.69) is 15.5 Å². The van der Waals surface area contributed by atoms with Crippen LogP contribution >= 0.6 is 23.1 Å². The van der Waals surface area contributed by atoms with Crippen molar-refractivity contribution in [2.45, 2.75) is 23.4 Å². The quantitative estimate of drug-likeness (QED) is 0.679. The number of anilines is 1. The molecule has 1 aromatic heterocycles. The summed E-state index contributed by atoms with van der Waals surface area (Å²) in [6.45, 7) is 3.27. The van der Waals surface area contributed by atoms with Crippen molar-refractivity contribution in [1.29, 1.82) is 0 Å². The average molecular weight is 307 g/mol. The number of aromatic nitrogens is 2. The van der Waals surface area contributed by atoms with E-state index in [1.165, 1.54) is 30.0 Å². The van der Waals surface area contributed by atoms with E-state index in [0.29, 0.717) is 11.3 Å². The van der Waals surface area contributed by atoms with Crippen molar-refractivity contribution in [3.63, 3.8) is 0 Å². The highest BCUT2D eigenvalue weighted by atomic mass is 32.2. The number of carbonyl (C=O) groups is 2. The maximum absolute atomic E-state index is 12.1. The highest BCUT2D eigenvalue weighted by Crippen LogP contribution is 2.25. The Hall–Kier alpha value is -1.73. The van der Waals surface area contributed by atoms with Crippen LogP contribution in [-0.2, 0) is 4.79 Å². The summed E-state index contributed by atoms with van der Waals surface area (Å²) in [6, 6.07) is 6.97. The number of hydrogen-bond donors (Lipinski definition) is 1. The molecule has 7 heteroatoms. The minimum atomic E-state index is -0.317. The second kappa shape index (κ2) is 6.62. The summed E-state index contributed by atoms with van der Waals surface area (Å²) in [4.78, 5) is 23.6. The molecular weight excluding hydrogens is 294 g/mol. The zero-order valence-electron chi connectivity index (χ0n) is 11.0. The fourth-order valence-corrected chi connectivity index (χ4v) is 3.18. The molecule has 0 radical (unpaired) electrons. The first-order valence-corrected chi connectivity index (χ1v) is 7.67. The number of thioether (sulfide) groups is 1. The molecule has 5 nitrogen and oxygen atoms in total. The first-order chi connectivity index (χ1) is 9.58. The van der Waals surface area contributed by atoms with Crippen molar-refractivity contribution in [1.82, 2.24) is 10.2 Å². The van der Waals surface area contributed by atoms with E-state index in [4.69, 9.17) is 0 Å². The fourth-order valence-electron chi connectivity index (χ4n) is 1.55. The molecular formula is C13H13N3O2S2. The lowest BCUT2D eigenvalue weighted by Gasteiger charge is -2.12. The molecule has 20 heavy (non-hydrogen) atoms. The Kier molecular flexibility index (Phi) is 4.86. The van der Waals surface area contributed by atoms with Crippen LogP contribution in [0.3, 0.4) is 0 Å². The minimum Gasteiger partial charge on any atom is -0.324 e. The van der Waals surface area contributed by atoms with E-state index in [0.717, 1.165) is 4.34 Å². The first kappa shape index (κ1) is 14.7. The third-order valence-electron chi connectivity index (χ3n) is 2.55. The predicted octanol–water partition coefficient (Wildman–Crippen LogP) is 2.86. The predicted molar refractivity (Wildman–Crippen MR) is 80.3 cm³/mol. The van der Waals surface area contributed by atoms with Crippen LogP contribution in [0.15, 0.2) is 34.1 Å². The van der Waals surface area contributed by atoms with Crippen LogP contribution < -0.4 is 5.32 Å². The van der Waals surface area contributed by atoms with Gasteiger partial charge in [0.15, 0.2) is 10.1 Å². The van der Waals surface area contributed by atoms with Crippen molar-refractivity contribution in [2.75, 3.05) is 5.32 Å². The van der Waals surface area contributed by atoms with Gasteiger partial charge in [-0.3, -0.25) is 9.59 Å². The Labute approximate surface area is 124 Å². The summed E-state index contributed by atoms with van der Waals surface area (Å²) < 4.78 is 0.743. The van der Waals surface area contributed by atoms with Crippen molar-refractivity contribution >= 4 is 40.5 Å². The maximum Gasteiger partial charge on any atom is 0.237 e. The van der Waals surface area contributed by atoms with E-state index in [1.54, 1.807) is 36.7 Å². The van der Waals surface area contributed by atoms with Crippen LogP contribution in [0.25, 0.3) is 0 Å². The lowest BCUT2D eigenvalue weighted by atomic mass is 10.1. The molecule has 0 spiro atoms. The van der Waals surface area contributed by atoms with E-state index >= 15 is 0 Å². The number of nitrogens with one attached hydrogen (secondary N) is 1. The SMILES string of the molecule is CC(=O)c1ccccc1NC(=O)[C@@H](C)Sc1nncs1. The molecule has 2 rings (SSSR count). The molecule has 0 aliphatic heterocycles. The molecule has 0 unspecified atom stereocenters. The number of nitrogens with zero attached hydrogens (tertiary/aromatic N) is 2. The number of para-hydroxylation sites is 1. The molecule has 1 N–H and O–H groups in total. The first-order valence-electron chi connectivity index (χ1n) is 5.91. The van der Waals surface area contributed by atoms with Crippen LogP contribution in [0.5, 0.6) is 0 Å². The van der Waals surface area contributed by atoms with E-state index in [9.17, 15) is 9.59 Å². The molecule has 0 saturated heterocycles. The van der Waals surface area contributed by atoms with Gasteiger partial charge in [-0.1, -0.05) is 35.2 Å². The van der Waals surface area contributed by atoms with Gasteiger partial charge < -0.3 is 5.32 Å². The van der Waals surface area contributed by atoms with Gasteiger partial charge in [-0.05, 0) is 26.0 Å². The van der Waals surface area contributed by atoms with Gasteiger partial charge in [0.05, 0.1) is 10.9 Å². The Bertz CT molecular complexity index is 614. The number of amides is 1. The Morgan fingerprint density at radius 1 is 1.35 bits per heavy atom. The molecule has 2 aromatic rings. The highest BCUT2D eigenvalue weighted by molar-refractivity contribution is 8.02. The standard InChI is InChI=1S/C13H13N3O2S2/c1-8(17)10-5-3-4-6-11(10)15-12(18)9(2)20-13-16-14-7-19-13/h3-7,9H,1-2H3,(H,15,18)/t9-/m1/s1. The highest BCUT2D eigenvalue weighted by Gasteiger charge is 2.18. The molecule has 0 aliphatic rings. The van der Waals surface area contributed by atoms with E-state index in [-0.39, 0.29) is 16.9 Å². The third-order valence-corrected chi connectivity index (χ3v) is 4.46. The Morgan fingerprint density at radius 3 is 2.75 bits per heavy atom. The Balaban J connectivity index is 2.06. The molecule has 1 aromatic carbocycles. The normalized spacial score (nSPS) is 11.9. The summed E-state index contributed by atoms with van der Waals surface area (Å²) in [5, 5.41) is 10.1. The minimum absolute atomic E-state index is 0.0784. The van der Waals surface area contributed by atoms with Crippen molar-refractivity contribution in [3.8, 4) is 0 Å². The molecule has 0 bridgehead atoms. The Morgan fingerprint density at radius 2 is 2.10 bits per heavy atom. The molecule has 1 heterocycles. The van der Waals surface area contributed by atoms with Gasteiger partial charge >= 0.3 is 0 Å². The fraction of sp³-hybridized carbons (Fsp3) is 0.231. The zero-order chi connectivity index (χ0) is 14.5. The molecule has 104 valence electrons. The summed E-state index contributed by atoms with van der Waals surface area (Å²) >= 11 is 2.73. The lowest BCUT2D eigenvalue weighted by Crippen LogP contribution is -2.23. The second-order valence-electron chi connectivity index (χ2n) is 4.06. The summed E-state index contributed by atoms with van der Waals surface area (Å²) in [6.07, 6.45) is 0. The summed E-state index contributed by atoms with van der Waals surface area (Å²) in [7, 11) is 0. The van der Waals surface area contributed by atoms with Crippen LogP contribution in [0, 0.1) is 0 Å². The summed E-state index contributed by atoms with van der Waals surface area (Å²) in [5.41, 5.74) is 2.67. The summed E-state index contributed by atoms with van der Waals surface area (Å²) in [5.74, 6) is -0.246. The molecule has 1 amide bonds. The smallest absolute Gasteiger partial charge is 0.237 e. The van der Waals surface area contributed by atoms with Gasteiger partial charge in [0.25, 0.3) is 0 Å². The van der Waals surface area contributed by atoms with Gasteiger partial charge in [0, 0.05) is 5.56 Å². The number of Topliss-reactive ketones (excluding diaryl/α,β-unsaturated/α-hetero) is 1. The van der Waals surface area contributed by atoms with Gasteiger partial charge in [-0.2, -0.15) is 0 Å². The number of hydrogen-bond acceptors (Lipinski definition) is 6. The number of rotatable bonds is 5. The second-order valence-corrected chi connectivity index (χ2v) is 6.48. The van der Waals surface area contributed by atoms with Crippen LogP contribution in [0.1, 0.15) is 24.2 Å². The molecule has 1 atom stereocenters. The van der Waals surface area contributed by atoms with Gasteiger partial charge in [0.2, 0.25) is 5.91 Å². The van der Waals surface area contributed by atoms with E-state index < -0.39 is 0 Å². The average Bonchev–Trinajstić information content (AvgIpc) is 2.91. The third kappa shape index (κ3) is 3.64. The number of benzene rings is 1. The van der Waals surface area contributed by atoms with Crippen molar-refractivity contribution in [3.05, 3.63) is 35.3 Å². The van der Waals surface area contributed by atoms with E-state index in [1.807, 2.05) is 0 Å². The van der Waals surface area contributed by atoms with Crippen LogP contribution in [0.4, 0.5) is 5.69 Å². The lowest BCUT2D eigenvalue weighted by molar-refractivity contribution is -0.115. The molecule has 0 aliphatic carbocycles. The van der Waals surface area contributed by atoms with Gasteiger partial charge in [-0.15, -0.1) is 10.2 Å². The maximum atomic E-state index is 12.1. The number of carbonyl (C=O) groups excluding carboxylic acids is 2. The van der Waals surface area contributed by atoms with Crippen molar-refractivity contribution < 1.29 is 9.59 Å².